The summed E-state index contributed by atoms with van der Waals surface area (Å²) >= 11 is 0. The predicted molar refractivity (Wildman–Crippen MR) is 55.9 cm³/mol. The van der Waals surface area contributed by atoms with Crippen molar-refractivity contribution in [2.45, 2.75) is 44.9 Å². The van der Waals surface area contributed by atoms with E-state index in [0.29, 0.717) is 11.3 Å². The lowest BCUT2D eigenvalue weighted by Gasteiger charge is -2.15. The van der Waals surface area contributed by atoms with Gasteiger partial charge < -0.3 is 5.32 Å². The zero-order valence-corrected chi connectivity index (χ0v) is 9.41. The fraction of sp³-hybridized carbons (Fsp3) is 1.00. The van der Waals surface area contributed by atoms with Gasteiger partial charge in [0.2, 0.25) is 0 Å². The normalized spacial score (nSPS) is 18.7. The highest BCUT2D eigenvalue weighted by atomic mass is 32.2. The van der Waals surface area contributed by atoms with Gasteiger partial charge in [0.1, 0.15) is 0 Å². The molecule has 0 fully saturated rings. The van der Waals surface area contributed by atoms with Crippen LogP contribution in [0.3, 0.4) is 0 Å². The Morgan fingerprint density at radius 1 is 1.42 bits per heavy atom. The van der Waals surface area contributed by atoms with Crippen molar-refractivity contribution in [2.75, 3.05) is 12.8 Å². The third-order valence-electron chi connectivity index (χ3n) is 2.03. The summed E-state index contributed by atoms with van der Waals surface area (Å²) in [5.74, 6) is 0.845. The van der Waals surface area contributed by atoms with Crippen molar-refractivity contribution in [1.29, 1.82) is 0 Å². The van der Waals surface area contributed by atoms with E-state index in [1.54, 1.807) is 0 Å². The average molecular weight is 191 g/mol. The van der Waals surface area contributed by atoms with Gasteiger partial charge in [-0.25, -0.2) is 0 Å². The van der Waals surface area contributed by atoms with Crippen molar-refractivity contribution >= 4 is 10.8 Å². The Labute approximate surface area is 78.6 Å². The van der Waals surface area contributed by atoms with Gasteiger partial charge >= 0.3 is 0 Å². The van der Waals surface area contributed by atoms with Gasteiger partial charge in [-0.15, -0.1) is 0 Å². The third kappa shape index (κ3) is 4.88. The molecule has 3 atom stereocenters. The van der Waals surface area contributed by atoms with Crippen LogP contribution >= 0.6 is 0 Å². The molecule has 0 aliphatic carbocycles. The highest BCUT2D eigenvalue weighted by Gasteiger charge is 2.12. The van der Waals surface area contributed by atoms with Crippen molar-refractivity contribution in [3.8, 4) is 0 Å². The molecule has 0 saturated carbocycles. The molecule has 0 bridgehead atoms. The summed E-state index contributed by atoms with van der Waals surface area (Å²) in [5, 5.41) is 3.48. The Morgan fingerprint density at radius 3 is 2.42 bits per heavy atom. The molecule has 12 heavy (non-hydrogen) atoms. The van der Waals surface area contributed by atoms with Crippen LogP contribution in [0.2, 0.25) is 0 Å². The van der Waals surface area contributed by atoms with Gasteiger partial charge in [0.05, 0.1) is 0 Å². The molecule has 74 valence electrons. The second-order valence-corrected chi connectivity index (χ2v) is 5.30. The van der Waals surface area contributed by atoms with E-state index in [4.69, 9.17) is 0 Å². The van der Waals surface area contributed by atoms with Crippen LogP contribution in [0.5, 0.6) is 0 Å². The van der Waals surface area contributed by atoms with Gasteiger partial charge in [-0.05, 0) is 26.8 Å². The van der Waals surface area contributed by atoms with Crippen molar-refractivity contribution in [2.24, 2.45) is 0 Å². The molecule has 0 aromatic rings. The van der Waals surface area contributed by atoms with E-state index < -0.39 is 10.8 Å². The van der Waals surface area contributed by atoms with Crippen LogP contribution in [0.1, 0.15) is 33.6 Å². The first-order valence-electron chi connectivity index (χ1n) is 4.66. The fourth-order valence-electron chi connectivity index (χ4n) is 1.13. The molecular formula is C9H21NOS. The molecule has 3 heteroatoms. The summed E-state index contributed by atoms with van der Waals surface area (Å²) in [6, 6.07) is 0.473. The molecule has 0 aliphatic heterocycles. The molecule has 2 nitrogen and oxygen atoms in total. The summed E-state index contributed by atoms with van der Waals surface area (Å²) in [6.07, 6.45) is 2.02. The van der Waals surface area contributed by atoms with E-state index in [1.165, 1.54) is 0 Å². The van der Waals surface area contributed by atoms with E-state index in [0.717, 1.165) is 18.6 Å². The second kappa shape index (κ2) is 6.61. The van der Waals surface area contributed by atoms with Crippen LogP contribution in [0.25, 0.3) is 0 Å². The zero-order valence-electron chi connectivity index (χ0n) is 8.59. The number of hydrogen-bond acceptors (Lipinski definition) is 2. The first kappa shape index (κ1) is 12.1. The molecule has 0 spiro atoms. The quantitative estimate of drug-likeness (QED) is 0.690. The molecule has 0 saturated heterocycles. The summed E-state index contributed by atoms with van der Waals surface area (Å²) < 4.78 is 11.5. The highest BCUT2D eigenvalue weighted by Crippen LogP contribution is 2.05. The van der Waals surface area contributed by atoms with Gasteiger partial charge in [-0.1, -0.05) is 13.8 Å². The maximum absolute atomic E-state index is 11.5. The molecular weight excluding hydrogens is 170 g/mol. The maximum atomic E-state index is 11.5. The van der Waals surface area contributed by atoms with Crippen LogP contribution in [0, 0.1) is 0 Å². The van der Waals surface area contributed by atoms with Crippen molar-refractivity contribution in [3.63, 3.8) is 0 Å². The highest BCUT2D eigenvalue weighted by molar-refractivity contribution is 7.85. The Kier molecular flexibility index (Phi) is 6.67. The lowest BCUT2D eigenvalue weighted by molar-refractivity contribution is 0.554. The zero-order chi connectivity index (χ0) is 9.56. The lowest BCUT2D eigenvalue weighted by Crippen LogP contribution is -2.28. The number of rotatable bonds is 6. The van der Waals surface area contributed by atoms with Gasteiger partial charge in [0, 0.05) is 27.8 Å². The number of nitrogens with one attached hydrogen (secondary N) is 1. The van der Waals surface area contributed by atoms with Crippen LogP contribution in [0.4, 0.5) is 0 Å². The summed E-state index contributed by atoms with van der Waals surface area (Å²) in [5.41, 5.74) is 0. The Bertz CT molecular complexity index is 138. The smallest absolute Gasteiger partial charge is 0.0334 e. The van der Waals surface area contributed by atoms with Crippen LogP contribution < -0.4 is 5.32 Å². The van der Waals surface area contributed by atoms with Gasteiger partial charge in [-0.2, -0.15) is 0 Å². The summed E-state index contributed by atoms with van der Waals surface area (Å²) in [7, 11) is 1.32. The molecule has 1 N–H and O–H groups in total. The minimum atomic E-state index is -0.627. The van der Waals surface area contributed by atoms with E-state index in [-0.39, 0.29) is 0 Å². The minimum absolute atomic E-state index is 0.326. The topological polar surface area (TPSA) is 29.1 Å². The van der Waals surface area contributed by atoms with E-state index >= 15 is 0 Å². The molecule has 0 rings (SSSR count). The van der Waals surface area contributed by atoms with Gasteiger partial charge in [-0.3, -0.25) is 4.21 Å². The van der Waals surface area contributed by atoms with Gasteiger partial charge in [0.25, 0.3) is 0 Å². The Morgan fingerprint density at radius 2 is 2.00 bits per heavy atom. The summed E-state index contributed by atoms with van der Waals surface area (Å²) in [4.78, 5) is 0. The molecule has 0 amide bonds. The lowest BCUT2D eigenvalue weighted by atomic mass is 10.2. The van der Waals surface area contributed by atoms with Crippen LogP contribution in [-0.2, 0) is 10.8 Å². The molecule has 0 radical (unpaired) electrons. The molecule has 3 unspecified atom stereocenters. The fourth-order valence-corrected chi connectivity index (χ4v) is 2.43. The van der Waals surface area contributed by atoms with Crippen LogP contribution in [-0.4, -0.2) is 28.3 Å². The predicted octanol–water partition coefficient (Wildman–Crippen LogP) is 1.53. The summed E-state index contributed by atoms with van der Waals surface area (Å²) in [6.45, 7) is 6.27. The van der Waals surface area contributed by atoms with E-state index in [9.17, 15) is 4.21 Å². The number of hydrogen-bond donors (Lipinski definition) is 1. The standard InChI is InChI=1S/C9H21NOS/c1-5-6-12(11)9(3)7-8(2)10-4/h8-10H,5-7H2,1-4H3. The minimum Gasteiger partial charge on any atom is -0.317 e. The first-order valence-corrected chi connectivity index (χ1v) is 6.04. The Balaban J connectivity index is 3.70. The van der Waals surface area contributed by atoms with Crippen molar-refractivity contribution in [3.05, 3.63) is 0 Å². The van der Waals surface area contributed by atoms with Crippen LogP contribution in [0.15, 0.2) is 0 Å². The molecule has 0 aromatic carbocycles. The molecule has 0 heterocycles. The monoisotopic (exact) mass is 191 g/mol. The van der Waals surface area contributed by atoms with E-state index in [1.807, 2.05) is 7.05 Å². The Hall–Kier alpha value is 0.110. The first-order chi connectivity index (χ1) is 5.61. The van der Waals surface area contributed by atoms with E-state index in [2.05, 4.69) is 26.1 Å². The maximum Gasteiger partial charge on any atom is 0.0334 e. The molecule has 0 aromatic heterocycles. The SMILES string of the molecule is CCCS(=O)C(C)CC(C)NC. The van der Waals surface area contributed by atoms with Gasteiger partial charge in [0.15, 0.2) is 0 Å². The molecule has 0 aliphatic rings. The third-order valence-corrected chi connectivity index (χ3v) is 3.93. The largest absolute Gasteiger partial charge is 0.317 e. The average Bonchev–Trinajstić information content (AvgIpc) is 2.04. The van der Waals surface area contributed by atoms with Crippen molar-refractivity contribution < 1.29 is 4.21 Å². The van der Waals surface area contributed by atoms with Crippen molar-refractivity contribution in [1.82, 2.24) is 5.32 Å². The second-order valence-electron chi connectivity index (χ2n) is 3.32.